The maximum absolute atomic E-state index is 5.10. The molecule has 0 radical (unpaired) electrons. The van der Waals surface area contributed by atoms with E-state index in [2.05, 4.69) is 33.3 Å². The predicted octanol–water partition coefficient (Wildman–Crippen LogP) is 3.88. The summed E-state index contributed by atoms with van der Waals surface area (Å²) in [4.78, 5) is 7.63. The number of nitrogens with one attached hydrogen (secondary N) is 1. The third kappa shape index (κ3) is 1.84. The molecule has 0 unspecified atom stereocenters. The van der Waals surface area contributed by atoms with E-state index in [1.54, 1.807) is 0 Å². The average Bonchev–Trinajstić information content (AvgIpc) is 3.18. The van der Waals surface area contributed by atoms with Gasteiger partial charge in [-0.1, -0.05) is 18.0 Å². The molecule has 0 bridgehead atoms. The Kier molecular flexibility index (Phi) is 2.40. The van der Waals surface area contributed by atoms with Crippen LogP contribution in [0.15, 0.2) is 35.1 Å². The van der Waals surface area contributed by atoms with Gasteiger partial charge in [-0.15, -0.1) is 0 Å². The Bertz CT molecular complexity index is 693. The Morgan fingerprint density at radius 2 is 2.05 bits per heavy atom. The predicted molar refractivity (Wildman–Crippen MR) is 72.8 cm³/mol. The van der Waals surface area contributed by atoms with Crippen LogP contribution in [-0.4, -0.2) is 15.1 Å². The average molecular weight is 253 g/mol. The summed E-state index contributed by atoms with van der Waals surface area (Å²) in [6.45, 7) is 0. The molecule has 96 valence electrons. The summed E-state index contributed by atoms with van der Waals surface area (Å²) in [5.41, 5.74) is 3.53. The topological polar surface area (TPSA) is 54.7 Å². The zero-order valence-corrected chi connectivity index (χ0v) is 10.6. The van der Waals surface area contributed by atoms with Gasteiger partial charge in [0.1, 0.15) is 0 Å². The first-order chi connectivity index (χ1) is 9.40. The standard InChI is InChI=1S/C15H15N3O/c1-2-4-10(3-1)14-8-12-7-11(5-6-13(12)18-14)15-16-9-17-19-15/h5-10,18H,1-4H2. The minimum Gasteiger partial charge on any atom is -0.358 e. The number of rotatable bonds is 2. The van der Waals surface area contributed by atoms with Gasteiger partial charge in [0, 0.05) is 22.2 Å². The summed E-state index contributed by atoms with van der Waals surface area (Å²) in [6, 6.07) is 8.49. The fraction of sp³-hybridized carbons (Fsp3) is 0.333. The van der Waals surface area contributed by atoms with Gasteiger partial charge >= 0.3 is 0 Å². The maximum Gasteiger partial charge on any atom is 0.257 e. The van der Waals surface area contributed by atoms with Gasteiger partial charge in [-0.2, -0.15) is 4.98 Å². The second-order valence-corrected chi connectivity index (χ2v) is 5.25. The van der Waals surface area contributed by atoms with Crippen LogP contribution in [0.5, 0.6) is 0 Å². The number of hydrogen-bond donors (Lipinski definition) is 1. The summed E-state index contributed by atoms with van der Waals surface area (Å²) in [5, 5.41) is 4.87. The number of benzene rings is 1. The van der Waals surface area contributed by atoms with E-state index in [1.165, 1.54) is 48.6 Å². The highest BCUT2D eigenvalue weighted by Gasteiger charge is 2.19. The molecular formula is C15H15N3O. The second-order valence-electron chi connectivity index (χ2n) is 5.25. The molecule has 0 spiro atoms. The largest absolute Gasteiger partial charge is 0.358 e. The van der Waals surface area contributed by atoms with Crippen molar-refractivity contribution in [1.29, 1.82) is 0 Å². The van der Waals surface area contributed by atoms with E-state index in [-0.39, 0.29) is 0 Å². The molecule has 4 rings (SSSR count). The number of aromatic amines is 1. The first-order valence-corrected chi connectivity index (χ1v) is 6.80. The lowest BCUT2D eigenvalue weighted by atomic mass is 10.0. The SMILES string of the molecule is c1noc(-c2ccc3[nH]c(C4CCCC4)cc3c2)n1. The van der Waals surface area contributed by atoms with Gasteiger partial charge < -0.3 is 9.51 Å². The molecule has 3 aromatic rings. The summed E-state index contributed by atoms with van der Waals surface area (Å²) >= 11 is 0. The Morgan fingerprint density at radius 3 is 2.84 bits per heavy atom. The molecule has 1 fully saturated rings. The lowest BCUT2D eigenvalue weighted by Crippen LogP contribution is -1.90. The number of fused-ring (bicyclic) bond motifs is 1. The molecule has 0 atom stereocenters. The first kappa shape index (κ1) is 10.8. The van der Waals surface area contributed by atoms with Gasteiger partial charge in [-0.05, 0) is 43.0 Å². The number of aromatic nitrogens is 3. The summed E-state index contributed by atoms with van der Waals surface area (Å²) in [5.74, 6) is 1.28. The minimum absolute atomic E-state index is 0.575. The van der Waals surface area contributed by atoms with Crippen molar-refractivity contribution < 1.29 is 4.52 Å². The third-order valence-corrected chi connectivity index (χ3v) is 4.04. The molecule has 1 aliphatic carbocycles. The van der Waals surface area contributed by atoms with E-state index < -0.39 is 0 Å². The normalized spacial score (nSPS) is 16.4. The van der Waals surface area contributed by atoms with Crippen LogP contribution in [0.25, 0.3) is 22.4 Å². The maximum atomic E-state index is 5.10. The molecule has 2 aromatic heterocycles. The molecule has 0 amide bonds. The van der Waals surface area contributed by atoms with Gasteiger partial charge in [-0.25, -0.2) is 0 Å². The molecule has 1 saturated carbocycles. The lowest BCUT2D eigenvalue weighted by Gasteiger charge is -2.04. The molecule has 1 N–H and O–H groups in total. The Hall–Kier alpha value is -2.10. The number of nitrogens with zero attached hydrogens (tertiary/aromatic N) is 2. The highest BCUT2D eigenvalue weighted by atomic mass is 16.5. The highest BCUT2D eigenvalue weighted by Crippen LogP contribution is 2.35. The quantitative estimate of drug-likeness (QED) is 0.754. The first-order valence-electron chi connectivity index (χ1n) is 6.80. The monoisotopic (exact) mass is 253 g/mol. The van der Waals surface area contributed by atoms with Crippen molar-refractivity contribution >= 4 is 10.9 Å². The van der Waals surface area contributed by atoms with E-state index >= 15 is 0 Å². The molecule has 2 heterocycles. The van der Waals surface area contributed by atoms with Crippen LogP contribution in [0, 0.1) is 0 Å². The Balaban J connectivity index is 1.77. The second kappa shape index (κ2) is 4.23. The molecule has 0 saturated heterocycles. The van der Waals surface area contributed by atoms with Crippen LogP contribution < -0.4 is 0 Å². The molecule has 4 nitrogen and oxygen atoms in total. The van der Waals surface area contributed by atoms with Crippen LogP contribution in [0.1, 0.15) is 37.3 Å². The fourth-order valence-electron chi connectivity index (χ4n) is 3.05. The van der Waals surface area contributed by atoms with Gasteiger partial charge in [0.2, 0.25) is 0 Å². The Labute approximate surface area is 110 Å². The van der Waals surface area contributed by atoms with E-state index in [0.29, 0.717) is 11.8 Å². The summed E-state index contributed by atoms with van der Waals surface area (Å²) < 4.78 is 5.10. The van der Waals surface area contributed by atoms with Crippen molar-refractivity contribution in [3.63, 3.8) is 0 Å². The fourth-order valence-corrected chi connectivity index (χ4v) is 3.05. The summed E-state index contributed by atoms with van der Waals surface area (Å²) in [6.07, 6.45) is 6.76. The van der Waals surface area contributed by atoms with Crippen molar-refractivity contribution in [3.05, 3.63) is 36.3 Å². The van der Waals surface area contributed by atoms with E-state index in [9.17, 15) is 0 Å². The van der Waals surface area contributed by atoms with Gasteiger partial charge in [0.25, 0.3) is 5.89 Å². The minimum atomic E-state index is 0.575. The van der Waals surface area contributed by atoms with E-state index in [0.717, 1.165) is 5.56 Å². The lowest BCUT2D eigenvalue weighted by molar-refractivity contribution is 0.430. The van der Waals surface area contributed by atoms with Crippen molar-refractivity contribution in [1.82, 2.24) is 15.1 Å². The van der Waals surface area contributed by atoms with Crippen LogP contribution in [0.3, 0.4) is 0 Å². The van der Waals surface area contributed by atoms with Crippen LogP contribution in [0.2, 0.25) is 0 Å². The van der Waals surface area contributed by atoms with Crippen LogP contribution in [0.4, 0.5) is 0 Å². The van der Waals surface area contributed by atoms with E-state index in [1.807, 2.05) is 6.07 Å². The number of hydrogen-bond acceptors (Lipinski definition) is 3. The van der Waals surface area contributed by atoms with Crippen molar-refractivity contribution in [2.75, 3.05) is 0 Å². The van der Waals surface area contributed by atoms with Crippen molar-refractivity contribution in [2.24, 2.45) is 0 Å². The molecule has 0 aliphatic heterocycles. The van der Waals surface area contributed by atoms with Crippen molar-refractivity contribution in [2.45, 2.75) is 31.6 Å². The van der Waals surface area contributed by atoms with Crippen LogP contribution >= 0.6 is 0 Å². The van der Waals surface area contributed by atoms with Gasteiger partial charge in [0.15, 0.2) is 6.33 Å². The molecule has 1 aliphatic rings. The zero-order chi connectivity index (χ0) is 12.7. The number of H-pyrrole nitrogens is 1. The molecule has 4 heteroatoms. The molecule has 1 aromatic carbocycles. The smallest absolute Gasteiger partial charge is 0.257 e. The van der Waals surface area contributed by atoms with Gasteiger partial charge in [0.05, 0.1) is 0 Å². The van der Waals surface area contributed by atoms with Crippen LogP contribution in [-0.2, 0) is 0 Å². The molecule has 19 heavy (non-hydrogen) atoms. The zero-order valence-electron chi connectivity index (χ0n) is 10.6. The van der Waals surface area contributed by atoms with Crippen molar-refractivity contribution in [3.8, 4) is 11.5 Å². The van der Waals surface area contributed by atoms with Gasteiger partial charge in [-0.3, -0.25) is 0 Å². The van der Waals surface area contributed by atoms with E-state index in [4.69, 9.17) is 4.52 Å². The molecular weight excluding hydrogens is 238 g/mol. The highest BCUT2D eigenvalue weighted by molar-refractivity contribution is 5.84. The summed E-state index contributed by atoms with van der Waals surface area (Å²) in [7, 11) is 0. The Morgan fingerprint density at radius 1 is 1.16 bits per heavy atom. The third-order valence-electron chi connectivity index (χ3n) is 4.04.